The molecule has 1 aliphatic rings. The number of nitrogens with zero attached hydrogens (tertiary/aromatic N) is 5. The first-order valence-corrected chi connectivity index (χ1v) is 9.88. The number of aromatic nitrogens is 3. The first-order valence-electron chi connectivity index (χ1n) is 9.47. The van der Waals surface area contributed by atoms with Crippen molar-refractivity contribution in [3.63, 3.8) is 0 Å². The van der Waals surface area contributed by atoms with E-state index in [1.807, 2.05) is 24.4 Å². The van der Waals surface area contributed by atoms with E-state index in [1.54, 1.807) is 29.8 Å². The largest absolute Gasteiger partial charge is 0.478 e. The van der Waals surface area contributed by atoms with Gasteiger partial charge in [-0.1, -0.05) is 18.2 Å². The van der Waals surface area contributed by atoms with Crippen molar-refractivity contribution >= 4 is 18.0 Å². The Morgan fingerprint density at radius 2 is 1.90 bits per heavy atom. The Morgan fingerprint density at radius 1 is 1.14 bits per heavy atom. The predicted molar refractivity (Wildman–Crippen MR) is 109 cm³/mol. The highest BCUT2D eigenvalue weighted by atomic mass is 32.1. The molecule has 3 heterocycles. The van der Waals surface area contributed by atoms with Crippen LogP contribution in [0.2, 0.25) is 0 Å². The smallest absolute Gasteiger partial charge is 0.288 e. The van der Waals surface area contributed by atoms with Gasteiger partial charge in [0.1, 0.15) is 5.82 Å². The van der Waals surface area contributed by atoms with E-state index in [9.17, 15) is 4.39 Å². The monoisotopic (exact) mass is 415 g/mol. The van der Waals surface area contributed by atoms with E-state index < -0.39 is 11.9 Å². The van der Waals surface area contributed by atoms with Gasteiger partial charge < -0.3 is 14.1 Å². The number of rotatable bonds is 6. The molecule has 1 aromatic carbocycles. The number of halogens is 1. The molecule has 2 aromatic heterocycles. The summed E-state index contributed by atoms with van der Waals surface area (Å²) in [5.74, 6) is 1.04. The fourth-order valence-corrected chi connectivity index (χ4v) is 3.39. The highest BCUT2D eigenvalue weighted by molar-refractivity contribution is 7.71. The zero-order chi connectivity index (χ0) is 20.2. The topological polar surface area (TPSA) is 59.6 Å². The van der Waals surface area contributed by atoms with Gasteiger partial charge in [-0.2, -0.15) is 0 Å². The van der Waals surface area contributed by atoms with Crippen molar-refractivity contribution in [2.75, 3.05) is 31.1 Å². The van der Waals surface area contributed by atoms with Crippen LogP contribution >= 0.6 is 12.2 Å². The number of pyridine rings is 1. The zero-order valence-corrected chi connectivity index (χ0v) is 16.9. The summed E-state index contributed by atoms with van der Waals surface area (Å²) < 4.78 is 26.7. The second kappa shape index (κ2) is 8.71. The van der Waals surface area contributed by atoms with Crippen LogP contribution in [-0.4, -0.2) is 45.8 Å². The van der Waals surface area contributed by atoms with Gasteiger partial charge in [0.25, 0.3) is 10.7 Å². The summed E-state index contributed by atoms with van der Waals surface area (Å²) >= 11 is 5.31. The van der Waals surface area contributed by atoms with E-state index in [1.165, 1.54) is 6.07 Å². The van der Waals surface area contributed by atoms with Crippen molar-refractivity contribution in [1.29, 1.82) is 0 Å². The molecule has 9 heteroatoms. The zero-order valence-electron chi connectivity index (χ0n) is 16.1. The third-order valence-electron chi connectivity index (χ3n) is 4.79. The predicted octanol–water partition coefficient (Wildman–Crippen LogP) is 3.66. The third-order valence-corrected chi connectivity index (χ3v) is 5.08. The SMILES string of the molecule is C[C@@H](Oc1ccccc1F)c1nn(CN2CCN(c3ccccn3)CC2)c(=S)o1. The Bertz CT molecular complexity index is 1000. The van der Waals surface area contributed by atoms with Gasteiger partial charge in [-0.3, -0.25) is 4.90 Å². The fraction of sp³-hybridized carbons (Fsp3) is 0.350. The standard InChI is InChI=1S/C20H22FN5O2S/c1-15(27-17-7-3-2-6-16(17)21)19-23-26(20(29)28-19)14-24-10-12-25(13-11-24)18-8-4-5-9-22-18/h2-9,15H,10-14H2,1H3/t15-/m1/s1. The van der Waals surface area contributed by atoms with Crippen molar-refractivity contribution < 1.29 is 13.5 Å². The summed E-state index contributed by atoms with van der Waals surface area (Å²) in [7, 11) is 0. The molecule has 0 unspecified atom stereocenters. The molecule has 3 aromatic rings. The first kappa shape index (κ1) is 19.5. The number of anilines is 1. The number of hydrogen-bond donors (Lipinski definition) is 0. The fourth-order valence-electron chi connectivity index (χ4n) is 3.21. The molecule has 1 saturated heterocycles. The van der Waals surface area contributed by atoms with Crippen molar-refractivity contribution in [3.05, 3.63) is 65.2 Å². The van der Waals surface area contributed by atoms with Gasteiger partial charge in [-0.25, -0.2) is 14.1 Å². The molecule has 0 spiro atoms. The number of ether oxygens (including phenoxy) is 1. The molecular weight excluding hydrogens is 393 g/mol. The molecule has 1 fully saturated rings. The molecule has 1 aliphatic heterocycles. The molecular formula is C20H22FN5O2S. The summed E-state index contributed by atoms with van der Waals surface area (Å²) in [6.07, 6.45) is 1.25. The summed E-state index contributed by atoms with van der Waals surface area (Å²) in [5, 5.41) is 4.44. The van der Waals surface area contributed by atoms with Crippen LogP contribution in [0.1, 0.15) is 18.9 Å². The summed E-state index contributed by atoms with van der Waals surface area (Å²) in [5.41, 5.74) is 0. The first-order chi connectivity index (χ1) is 14.1. The van der Waals surface area contributed by atoms with Crippen LogP contribution in [-0.2, 0) is 6.67 Å². The molecule has 0 bridgehead atoms. The Labute approximate surface area is 173 Å². The normalized spacial score (nSPS) is 16.0. The number of benzene rings is 1. The number of piperazine rings is 1. The average Bonchev–Trinajstić information content (AvgIpc) is 3.11. The number of hydrogen-bond acceptors (Lipinski definition) is 7. The van der Waals surface area contributed by atoms with Gasteiger partial charge in [0.05, 0.1) is 6.67 Å². The molecule has 0 amide bonds. The van der Waals surface area contributed by atoms with E-state index in [0.717, 1.165) is 32.0 Å². The van der Waals surface area contributed by atoms with Gasteiger partial charge in [0, 0.05) is 32.4 Å². The van der Waals surface area contributed by atoms with Crippen LogP contribution in [0.5, 0.6) is 5.75 Å². The molecule has 0 aliphatic carbocycles. The van der Waals surface area contributed by atoms with Gasteiger partial charge >= 0.3 is 0 Å². The minimum atomic E-state index is -0.559. The minimum absolute atomic E-state index is 0.154. The molecule has 4 rings (SSSR count). The van der Waals surface area contributed by atoms with Crippen molar-refractivity contribution in [3.8, 4) is 5.75 Å². The van der Waals surface area contributed by atoms with Crippen molar-refractivity contribution in [2.24, 2.45) is 0 Å². The lowest BCUT2D eigenvalue weighted by molar-refractivity contribution is 0.178. The van der Waals surface area contributed by atoms with Gasteiger partial charge in [-0.05, 0) is 43.4 Å². The van der Waals surface area contributed by atoms with Crippen LogP contribution in [0.25, 0.3) is 0 Å². The van der Waals surface area contributed by atoms with E-state index in [0.29, 0.717) is 12.6 Å². The summed E-state index contributed by atoms with van der Waals surface area (Å²) in [4.78, 5) is 9.19. The second-order valence-corrected chi connectivity index (χ2v) is 7.18. The molecule has 29 heavy (non-hydrogen) atoms. The molecule has 1 atom stereocenters. The number of para-hydroxylation sites is 1. The van der Waals surface area contributed by atoms with Crippen molar-refractivity contribution in [2.45, 2.75) is 19.7 Å². The lowest BCUT2D eigenvalue weighted by Gasteiger charge is -2.34. The summed E-state index contributed by atoms with van der Waals surface area (Å²) in [6.45, 7) is 5.77. The van der Waals surface area contributed by atoms with E-state index in [2.05, 4.69) is 19.9 Å². The van der Waals surface area contributed by atoms with Gasteiger partial charge in [0.2, 0.25) is 0 Å². The van der Waals surface area contributed by atoms with Crippen LogP contribution in [0.4, 0.5) is 10.2 Å². The average molecular weight is 415 g/mol. The highest BCUT2D eigenvalue weighted by Crippen LogP contribution is 2.23. The quantitative estimate of drug-likeness (QED) is 0.570. The molecule has 152 valence electrons. The van der Waals surface area contributed by atoms with Crippen molar-refractivity contribution in [1.82, 2.24) is 19.7 Å². The van der Waals surface area contributed by atoms with Crippen LogP contribution < -0.4 is 9.64 Å². The Kier molecular flexibility index (Phi) is 5.86. The van der Waals surface area contributed by atoms with Gasteiger partial charge in [-0.15, -0.1) is 5.10 Å². The lowest BCUT2D eigenvalue weighted by atomic mass is 10.3. The molecule has 7 nitrogen and oxygen atoms in total. The molecule has 0 N–H and O–H groups in total. The Hall–Kier alpha value is -2.78. The maximum Gasteiger partial charge on any atom is 0.288 e. The Morgan fingerprint density at radius 3 is 2.62 bits per heavy atom. The van der Waals surface area contributed by atoms with Gasteiger partial charge in [0.15, 0.2) is 17.7 Å². The van der Waals surface area contributed by atoms with E-state index >= 15 is 0 Å². The van der Waals surface area contributed by atoms with Crippen LogP contribution in [0, 0.1) is 10.7 Å². The van der Waals surface area contributed by atoms with Crippen LogP contribution in [0.15, 0.2) is 53.1 Å². The third kappa shape index (κ3) is 4.63. The minimum Gasteiger partial charge on any atom is -0.478 e. The van der Waals surface area contributed by atoms with E-state index in [4.69, 9.17) is 21.4 Å². The lowest BCUT2D eigenvalue weighted by Crippen LogP contribution is -2.47. The van der Waals surface area contributed by atoms with E-state index in [-0.39, 0.29) is 10.6 Å². The van der Waals surface area contributed by atoms with Crippen LogP contribution in [0.3, 0.4) is 0 Å². The summed E-state index contributed by atoms with van der Waals surface area (Å²) in [6, 6.07) is 12.2. The maximum atomic E-state index is 13.8. The molecule has 0 saturated carbocycles. The Balaban J connectivity index is 1.36. The maximum absolute atomic E-state index is 13.8. The molecule has 0 radical (unpaired) electrons. The highest BCUT2D eigenvalue weighted by Gasteiger charge is 2.21. The second-order valence-electron chi connectivity index (χ2n) is 6.83.